The van der Waals surface area contributed by atoms with Gasteiger partial charge >= 0.3 is 6.03 Å². The summed E-state index contributed by atoms with van der Waals surface area (Å²) in [5.41, 5.74) is 11.3. The fourth-order valence-electron chi connectivity index (χ4n) is 4.12. The number of anilines is 2. The number of benzene rings is 2. The van der Waals surface area contributed by atoms with E-state index in [0.29, 0.717) is 12.5 Å². The lowest BCUT2D eigenvalue weighted by molar-refractivity contribution is 0.250. The number of amides is 2. The van der Waals surface area contributed by atoms with Crippen LogP contribution in [0.5, 0.6) is 5.75 Å². The van der Waals surface area contributed by atoms with Gasteiger partial charge in [0.25, 0.3) is 0 Å². The summed E-state index contributed by atoms with van der Waals surface area (Å²) in [7, 11) is 0. The van der Waals surface area contributed by atoms with Crippen molar-refractivity contribution in [1.82, 2.24) is 14.9 Å². The van der Waals surface area contributed by atoms with Gasteiger partial charge in [0.05, 0.1) is 16.9 Å². The Kier molecular flexibility index (Phi) is 6.15. The predicted molar refractivity (Wildman–Crippen MR) is 138 cm³/mol. The Morgan fingerprint density at radius 2 is 2.03 bits per heavy atom. The molecular formula is C26H29N5O2S. The van der Waals surface area contributed by atoms with Crippen molar-refractivity contribution in [2.45, 2.75) is 45.9 Å². The van der Waals surface area contributed by atoms with E-state index in [1.54, 1.807) is 17.5 Å². The number of hydrogen-bond donors (Lipinski definition) is 3. The van der Waals surface area contributed by atoms with Crippen LogP contribution in [0, 0.1) is 5.92 Å². The number of ether oxygens (including phenoxy) is 1. The van der Waals surface area contributed by atoms with Crippen molar-refractivity contribution in [1.29, 1.82) is 0 Å². The van der Waals surface area contributed by atoms with Crippen molar-refractivity contribution in [3.8, 4) is 17.0 Å². The van der Waals surface area contributed by atoms with Crippen LogP contribution in [0.3, 0.4) is 0 Å². The first-order chi connectivity index (χ1) is 16.5. The maximum Gasteiger partial charge on any atom is 0.319 e. The quantitative estimate of drug-likeness (QED) is 0.297. The first-order valence-electron chi connectivity index (χ1n) is 11.6. The summed E-state index contributed by atoms with van der Waals surface area (Å²) < 4.78 is 8.34. The molecule has 1 aliphatic rings. The predicted octanol–water partition coefficient (Wildman–Crippen LogP) is 5.87. The minimum absolute atomic E-state index is 0.0765. The van der Waals surface area contributed by atoms with Crippen LogP contribution in [0.2, 0.25) is 0 Å². The Hall–Kier alpha value is -3.52. The van der Waals surface area contributed by atoms with Crippen LogP contribution in [-0.4, -0.2) is 21.6 Å². The van der Waals surface area contributed by atoms with Gasteiger partial charge in [-0.15, -0.1) is 11.3 Å². The number of rotatable bonds is 8. The monoisotopic (exact) mass is 475 g/mol. The van der Waals surface area contributed by atoms with E-state index in [1.165, 1.54) is 12.8 Å². The van der Waals surface area contributed by atoms with Crippen LogP contribution >= 0.6 is 11.3 Å². The summed E-state index contributed by atoms with van der Waals surface area (Å²) in [6.07, 6.45) is 4.28. The largest absolute Gasteiger partial charge is 0.486 e. The van der Waals surface area contributed by atoms with Gasteiger partial charge in [0, 0.05) is 46.9 Å². The highest BCUT2D eigenvalue weighted by Gasteiger charge is 2.26. The van der Waals surface area contributed by atoms with E-state index in [-0.39, 0.29) is 12.1 Å². The van der Waals surface area contributed by atoms with E-state index < -0.39 is 0 Å². The highest BCUT2D eigenvalue weighted by Crippen LogP contribution is 2.41. The van der Waals surface area contributed by atoms with Crippen LogP contribution in [0.25, 0.3) is 22.2 Å². The van der Waals surface area contributed by atoms with Crippen molar-refractivity contribution in [2.75, 3.05) is 11.1 Å². The molecule has 0 atom stereocenters. The molecule has 2 aromatic heterocycles. The van der Waals surface area contributed by atoms with Gasteiger partial charge in [-0.3, -0.25) is 0 Å². The highest BCUT2D eigenvalue weighted by molar-refractivity contribution is 7.09. The Morgan fingerprint density at radius 1 is 1.24 bits per heavy atom. The minimum atomic E-state index is -0.213. The summed E-state index contributed by atoms with van der Waals surface area (Å²) in [4.78, 5) is 16.3. The number of nitrogens with zero attached hydrogens (tertiary/aromatic N) is 2. The minimum Gasteiger partial charge on any atom is -0.486 e. The molecule has 8 heteroatoms. The lowest BCUT2D eigenvalue weighted by atomic mass is 10.1. The molecular weight excluding hydrogens is 446 g/mol. The van der Waals surface area contributed by atoms with Crippen LogP contribution in [0.15, 0.2) is 54.0 Å². The number of thiazole rings is 1. The molecule has 5 rings (SSSR count). The zero-order valence-electron chi connectivity index (χ0n) is 19.4. The van der Waals surface area contributed by atoms with Gasteiger partial charge in [0.1, 0.15) is 17.4 Å². The molecule has 0 radical (unpaired) electrons. The highest BCUT2D eigenvalue weighted by atomic mass is 32.1. The molecule has 0 unspecified atom stereocenters. The molecule has 34 heavy (non-hydrogen) atoms. The number of carbonyl (C=O) groups excluding carboxylic acids is 1. The fourth-order valence-corrected chi connectivity index (χ4v) is 4.64. The summed E-state index contributed by atoms with van der Waals surface area (Å²) in [6.45, 7) is 5.24. The summed E-state index contributed by atoms with van der Waals surface area (Å²) >= 11 is 1.59. The molecule has 7 nitrogen and oxygen atoms in total. The van der Waals surface area contributed by atoms with Gasteiger partial charge in [-0.1, -0.05) is 12.1 Å². The molecule has 2 amide bonds. The molecule has 176 valence electrons. The van der Waals surface area contributed by atoms with E-state index >= 15 is 0 Å². The molecule has 1 aliphatic carbocycles. The molecule has 0 spiro atoms. The van der Waals surface area contributed by atoms with Crippen molar-refractivity contribution < 1.29 is 9.53 Å². The second-order valence-corrected chi connectivity index (χ2v) is 10.0. The molecule has 1 saturated carbocycles. The Balaban J connectivity index is 1.46. The summed E-state index contributed by atoms with van der Waals surface area (Å²) in [6, 6.07) is 13.8. The average molecular weight is 476 g/mol. The van der Waals surface area contributed by atoms with E-state index in [1.807, 2.05) is 55.6 Å². The molecule has 2 aromatic carbocycles. The SMILES string of the molecule is CC(C)NC(=O)Nc1ccc(-c2c(N)c3ccc(OCc4nccs4)cc3n2CC2CC2)cc1. The topological polar surface area (TPSA) is 94.2 Å². The third-order valence-electron chi connectivity index (χ3n) is 5.89. The van der Waals surface area contributed by atoms with Gasteiger partial charge in [0.15, 0.2) is 0 Å². The Morgan fingerprint density at radius 3 is 2.71 bits per heavy atom. The maximum atomic E-state index is 12.0. The standard InChI is InChI=1S/C26H29N5O2S/c1-16(2)29-26(32)30-19-7-5-18(6-8-19)25-24(27)21-10-9-20(33-15-23-28-11-12-34-23)13-22(21)31(25)14-17-3-4-17/h5-13,16-17H,3-4,14-15,27H2,1-2H3,(H2,29,30,32). The third-order valence-corrected chi connectivity index (χ3v) is 6.65. The van der Waals surface area contributed by atoms with Gasteiger partial charge < -0.3 is 25.7 Å². The number of nitrogen functional groups attached to an aromatic ring is 1. The third kappa shape index (κ3) is 4.87. The normalized spacial score (nSPS) is 13.4. The Bertz CT molecular complexity index is 1290. The fraction of sp³-hybridized carbons (Fsp3) is 0.308. The van der Waals surface area contributed by atoms with Crippen molar-refractivity contribution in [2.24, 2.45) is 5.92 Å². The van der Waals surface area contributed by atoms with Gasteiger partial charge in [-0.25, -0.2) is 9.78 Å². The van der Waals surface area contributed by atoms with Crippen LogP contribution < -0.4 is 21.1 Å². The zero-order chi connectivity index (χ0) is 23.7. The van der Waals surface area contributed by atoms with Crippen molar-refractivity contribution in [3.63, 3.8) is 0 Å². The first-order valence-corrected chi connectivity index (χ1v) is 12.5. The second kappa shape index (κ2) is 9.38. The lowest BCUT2D eigenvalue weighted by Gasteiger charge is -2.13. The van der Waals surface area contributed by atoms with Crippen LogP contribution in [-0.2, 0) is 13.2 Å². The van der Waals surface area contributed by atoms with E-state index in [4.69, 9.17) is 10.5 Å². The van der Waals surface area contributed by atoms with E-state index in [2.05, 4.69) is 26.3 Å². The molecule has 2 heterocycles. The number of hydrogen-bond acceptors (Lipinski definition) is 5. The molecule has 1 fully saturated rings. The number of carbonyl (C=O) groups is 1. The molecule has 4 N–H and O–H groups in total. The van der Waals surface area contributed by atoms with Crippen LogP contribution in [0.4, 0.5) is 16.2 Å². The molecule has 0 aliphatic heterocycles. The Labute approximate surface area is 202 Å². The van der Waals surface area contributed by atoms with Gasteiger partial charge in [-0.2, -0.15) is 0 Å². The lowest BCUT2D eigenvalue weighted by Crippen LogP contribution is -2.34. The van der Waals surface area contributed by atoms with Gasteiger partial charge in [-0.05, 0) is 56.9 Å². The number of aromatic nitrogens is 2. The van der Waals surface area contributed by atoms with E-state index in [9.17, 15) is 4.79 Å². The number of nitrogens with one attached hydrogen (secondary N) is 2. The van der Waals surface area contributed by atoms with Gasteiger partial charge in [0.2, 0.25) is 0 Å². The van der Waals surface area contributed by atoms with E-state index in [0.717, 1.165) is 50.8 Å². The first kappa shape index (κ1) is 22.3. The molecule has 0 saturated heterocycles. The maximum absolute atomic E-state index is 12.0. The van der Waals surface area contributed by atoms with Crippen molar-refractivity contribution in [3.05, 3.63) is 59.0 Å². The average Bonchev–Trinajstić information content (AvgIpc) is 3.39. The molecule has 0 bridgehead atoms. The zero-order valence-corrected chi connectivity index (χ0v) is 20.2. The number of urea groups is 1. The van der Waals surface area contributed by atoms with Crippen molar-refractivity contribution >= 4 is 39.6 Å². The summed E-state index contributed by atoms with van der Waals surface area (Å²) in [5.74, 6) is 1.48. The smallest absolute Gasteiger partial charge is 0.319 e. The number of fused-ring (bicyclic) bond motifs is 1. The summed E-state index contributed by atoms with van der Waals surface area (Å²) in [5, 5.41) is 9.64. The second-order valence-electron chi connectivity index (χ2n) is 9.04. The number of nitrogens with two attached hydrogens (primary N) is 1. The molecule has 4 aromatic rings. The van der Waals surface area contributed by atoms with Crippen LogP contribution in [0.1, 0.15) is 31.7 Å².